The highest BCUT2D eigenvalue weighted by molar-refractivity contribution is 5.82. The summed E-state index contributed by atoms with van der Waals surface area (Å²) in [6.45, 7) is 4.18. The number of nitrogens with one attached hydrogen (secondary N) is 1. The van der Waals surface area contributed by atoms with Crippen molar-refractivity contribution in [3.63, 3.8) is 0 Å². The molecule has 1 atom stereocenters. The normalized spacial score (nSPS) is 20.4. The molecule has 0 saturated heterocycles. The zero-order valence-electron chi connectivity index (χ0n) is 10.3. The predicted molar refractivity (Wildman–Crippen MR) is 63.1 cm³/mol. The third-order valence-corrected chi connectivity index (χ3v) is 3.32. The summed E-state index contributed by atoms with van der Waals surface area (Å²) in [5, 5.41) is 2.62. The van der Waals surface area contributed by atoms with Gasteiger partial charge in [-0.15, -0.1) is 0 Å². The van der Waals surface area contributed by atoms with Crippen LogP contribution in [0, 0.1) is 5.92 Å². The first kappa shape index (κ1) is 13.2. The summed E-state index contributed by atoms with van der Waals surface area (Å²) >= 11 is 0. The number of hydrogen-bond acceptors (Lipinski definition) is 3. The molecule has 0 heterocycles. The lowest BCUT2D eigenvalue weighted by molar-refractivity contribution is -0.121. The molecule has 1 rings (SSSR count). The molecule has 1 saturated carbocycles. The maximum absolute atomic E-state index is 11.5. The van der Waals surface area contributed by atoms with Crippen molar-refractivity contribution in [2.45, 2.75) is 32.6 Å². The molecular weight excluding hydrogens is 204 g/mol. The summed E-state index contributed by atoms with van der Waals surface area (Å²) in [7, 11) is 1.65. The minimum atomic E-state index is 0.0413. The second-order valence-corrected chi connectivity index (χ2v) is 4.39. The van der Waals surface area contributed by atoms with Crippen LogP contribution in [0.1, 0.15) is 32.6 Å². The average Bonchev–Trinajstić information content (AvgIpc) is 2.69. The molecule has 16 heavy (non-hydrogen) atoms. The fraction of sp³-hybridized carbons (Fsp3) is 0.833. The standard InChI is InChI=1S/C12H22N2O2/c1-3-14(9-12(16)13-2)8-7-10-5-4-6-11(10)15/h10H,3-9H2,1-2H3,(H,13,16). The molecule has 0 spiro atoms. The van der Waals surface area contributed by atoms with Crippen LogP contribution in [0.25, 0.3) is 0 Å². The van der Waals surface area contributed by atoms with Crippen LogP contribution in [0.2, 0.25) is 0 Å². The van der Waals surface area contributed by atoms with Crippen LogP contribution in [0.5, 0.6) is 0 Å². The number of nitrogens with zero attached hydrogens (tertiary/aromatic N) is 1. The fourth-order valence-electron chi connectivity index (χ4n) is 2.16. The van der Waals surface area contributed by atoms with Crippen molar-refractivity contribution in [2.24, 2.45) is 5.92 Å². The monoisotopic (exact) mass is 226 g/mol. The first-order chi connectivity index (χ1) is 7.67. The second-order valence-electron chi connectivity index (χ2n) is 4.39. The quantitative estimate of drug-likeness (QED) is 0.729. The van der Waals surface area contributed by atoms with E-state index < -0.39 is 0 Å². The van der Waals surface area contributed by atoms with Gasteiger partial charge in [-0.3, -0.25) is 14.5 Å². The zero-order valence-corrected chi connectivity index (χ0v) is 10.3. The lowest BCUT2D eigenvalue weighted by atomic mass is 10.0. The summed E-state index contributed by atoms with van der Waals surface area (Å²) in [4.78, 5) is 24.8. The van der Waals surface area contributed by atoms with Crippen LogP contribution in [-0.4, -0.2) is 43.3 Å². The third kappa shape index (κ3) is 3.93. The van der Waals surface area contributed by atoms with Crippen LogP contribution in [0.3, 0.4) is 0 Å². The van der Waals surface area contributed by atoms with Gasteiger partial charge in [0, 0.05) is 19.4 Å². The van der Waals surface area contributed by atoms with Crippen molar-refractivity contribution in [3.8, 4) is 0 Å². The summed E-state index contributed by atoms with van der Waals surface area (Å²) in [5.74, 6) is 0.703. The maximum Gasteiger partial charge on any atom is 0.233 e. The highest BCUT2D eigenvalue weighted by atomic mass is 16.2. The van der Waals surface area contributed by atoms with Crippen molar-refractivity contribution >= 4 is 11.7 Å². The van der Waals surface area contributed by atoms with E-state index in [-0.39, 0.29) is 11.8 Å². The van der Waals surface area contributed by atoms with Gasteiger partial charge in [-0.25, -0.2) is 0 Å². The van der Waals surface area contributed by atoms with E-state index in [4.69, 9.17) is 0 Å². The summed E-state index contributed by atoms with van der Waals surface area (Å²) < 4.78 is 0. The van der Waals surface area contributed by atoms with Gasteiger partial charge in [0.25, 0.3) is 0 Å². The Morgan fingerprint density at radius 3 is 2.81 bits per heavy atom. The summed E-state index contributed by atoms with van der Waals surface area (Å²) in [6.07, 6.45) is 3.75. The van der Waals surface area contributed by atoms with Gasteiger partial charge in [0.05, 0.1) is 6.54 Å². The van der Waals surface area contributed by atoms with Crippen LogP contribution >= 0.6 is 0 Å². The minimum absolute atomic E-state index is 0.0413. The molecule has 1 N–H and O–H groups in total. The molecule has 1 unspecified atom stereocenters. The summed E-state index contributed by atoms with van der Waals surface area (Å²) in [6, 6.07) is 0. The highest BCUT2D eigenvalue weighted by Crippen LogP contribution is 2.24. The molecule has 0 aromatic rings. The van der Waals surface area contributed by atoms with E-state index in [9.17, 15) is 9.59 Å². The van der Waals surface area contributed by atoms with E-state index >= 15 is 0 Å². The van der Waals surface area contributed by atoms with Gasteiger partial charge in [-0.05, 0) is 32.4 Å². The molecule has 0 aromatic carbocycles. The van der Waals surface area contributed by atoms with Crippen molar-refractivity contribution < 1.29 is 9.59 Å². The topological polar surface area (TPSA) is 49.4 Å². The molecule has 0 bridgehead atoms. The Morgan fingerprint density at radius 1 is 1.56 bits per heavy atom. The predicted octanol–water partition coefficient (Wildman–Crippen LogP) is 0.814. The molecule has 1 aliphatic rings. The van der Waals surface area contributed by atoms with E-state index in [1.807, 2.05) is 6.92 Å². The number of Topliss-reactive ketones (excluding diaryl/α,β-unsaturated/α-hetero) is 1. The lowest BCUT2D eigenvalue weighted by Gasteiger charge is -2.20. The van der Waals surface area contributed by atoms with Gasteiger partial charge in [0.1, 0.15) is 5.78 Å². The van der Waals surface area contributed by atoms with Crippen molar-refractivity contribution in [2.75, 3.05) is 26.7 Å². The number of rotatable bonds is 6. The number of carbonyl (C=O) groups is 2. The molecular formula is C12H22N2O2. The molecule has 1 aliphatic carbocycles. The Kier molecular flexibility index (Phi) is 5.46. The van der Waals surface area contributed by atoms with Crippen molar-refractivity contribution in [1.29, 1.82) is 0 Å². The molecule has 0 radical (unpaired) electrons. The Balaban J connectivity index is 2.27. The van der Waals surface area contributed by atoms with Gasteiger partial charge in [-0.2, -0.15) is 0 Å². The maximum atomic E-state index is 11.5. The fourth-order valence-corrected chi connectivity index (χ4v) is 2.16. The first-order valence-electron chi connectivity index (χ1n) is 6.13. The van der Waals surface area contributed by atoms with Crippen LogP contribution in [-0.2, 0) is 9.59 Å². The number of amides is 1. The molecule has 1 amide bonds. The largest absolute Gasteiger partial charge is 0.358 e. The Hall–Kier alpha value is -0.900. The number of carbonyl (C=O) groups excluding carboxylic acids is 2. The van der Waals surface area contributed by atoms with Crippen molar-refractivity contribution in [1.82, 2.24) is 10.2 Å². The molecule has 4 nitrogen and oxygen atoms in total. The van der Waals surface area contributed by atoms with E-state index in [1.54, 1.807) is 7.05 Å². The Morgan fingerprint density at radius 2 is 2.31 bits per heavy atom. The zero-order chi connectivity index (χ0) is 12.0. The van der Waals surface area contributed by atoms with Gasteiger partial charge in [-0.1, -0.05) is 6.92 Å². The molecule has 4 heteroatoms. The van der Waals surface area contributed by atoms with E-state index in [0.717, 1.165) is 38.8 Å². The molecule has 0 aliphatic heterocycles. The van der Waals surface area contributed by atoms with Gasteiger partial charge < -0.3 is 5.32 Å². The molecule has 0 aromatic heterocycles. The van der Waals surface area contributed by atoms with Crippen LogP contribution < -0.4 is 5.32 Å². The van der Waals surface area contributed by atoms with E-state index in [2.05, 4.69) is 10.2 Å². The SMILES string of the molecule is CCN(CCC1CCCC1=O)CC(=O)NC. The smallest absolute Gasteiger partial charge is 0.233 e. The number of ketones is 1. The number of likely N-dealkylation sites (N-methyl/N-ethyl adjacent to an activating group) is 2. The second kappa shape index (κ2) is 6.63. The van der Waals surface area contributed by atoms with E-state index in [0.29, 0.717) is 12.3 Å². The first-order valence-corrected chi connectivity index (χ1v) is 6.13. The van der Waals surface area contributed by atoms with Gasteiger partial charge in [0.2, 0.25) is 5.91 Å². The Bertz CT molecular complexity index is 253. The minimum Gasteiger partial charge on any atom is -0.358 e. The number of hydrogen-bond donors (Lipinski definition) is 1. The highest BCUT2D eigenvalue weighted by Gasteiger charge is 2.24. The third-order valence-electron chi connectivity index (χ3n) is 3.32. The summed E-state index contributed by atoms with van der Waals surface area (Å²) in [5.41, 5.74) is 0. The van der Waals surface area contributed by atoms with Crippen LogP contribution in [0.4, 0.5) is 0 Å². The molecule has 92 valence electrons. The van der Waals surface area contributed by atoms with Gasteiger partial charge >= 0.3 is 0 Å². The van der Waals surface area contributed by atoms with Crippen molar-refractivity contribution in [3.05, 3.63) is 0 Å². The van der Waals surface area contributed by atoms with E-state index in [1.165, 1.54) is 0 Å². The average molecular weight is 226 g/mol. The Labute approximate surface area is 97.4 Å². The van der Waals surface area contributed by atoms with Gasteiger partial charge in [0.15, 0.2) is 0 Å². The molecule has 1 fully saturated rings. The van der Waals surface area contributed by atoms with Crippen LogP contribution in [0.15, 0.2) is 0 Å². The lowest BCUT2D eigenvalue weighted by Crippen LogP contribution is -2.36.